The van der Waals surface area contributed by atoms with Crippen molar-refractivity contribution in [3.8, 4) is 0 Å². The van der Waals surface area contributed by atoms with Crippen LogP contribution in [0, 0.1) is 5.41 Å². The molecule has 0 spiro atoms. The predicted molar refractivity (Wildman–Crippen MR) is 72.7 cm³/mol. The number of alkyl halides is 3. The lowest BCUT2D eigenvalue weighted by atomic mass is 9.70. The molecule has 0 amide bonds. The fourth-order valence-corrected chi connectivity index (χ4v) is 2.58. The van der Waals surface area contributed by atoms with Crippen LogP contribution < -0.4 is 10.9 Å². The summed E-state index contributed by atoms with van der Waals surface area (Å²) in [6.45, 7) is 1.42. The summed E-state index contributed by atoms with van der Waals surface area (Å²) in [5.74, 6) is 0. The number of anilines is 1. The van der Waals surface area contributed by atoms with E-state index in [1.54, 1.807) is 0 Å². The van der Waals surface area contributed by atoms with Crippen LogP contribution in [-0.4, -0.2) is 22.5 Å². The smallest absolute Gasteiger partial charge is 0.382 e. The molecule has 1 heterocycles. The highest BCUT2D eigenvalue weighted by Gasteiger charge is 2.32. The summed E-state index contributed by atoms with van der Waals surface area (Å²) in [7, 11) is 0. The molecule has 1 N–H and O–H groups in total. The standard InChI is InChI=1S/C12H15BrF3N3O/c1-11(3-2-4-11)6-17-8-5-18-19(7-12(14,15)16)10(20)9(8)13/h5,17H,2-4,6-7H2,1H3. The van der Waals surface area contributed by atoms with E-state index >= 15 is 0 Å². The zero-order valence-corrected chi connectivity index (χ0v) is 12.5. The molecule has 1 aliphatic carbocycles. The lowest BCUT2D eigenvalue weighted by Crippen LogP contribution is -2.35. The van der Waals surface area contributed by atoms with E-state index in [4.69, 9.17) is 0 Å². The first-order chi connectivity index (χ1) is 9.20. The first-order valence-corrected chi connectivity index (χ1v) is 7.06. The Bertz CT molecular complexity index is 552. The molecule has 0 aromatic carbocycles. The molecule has 0 aliphatic heterocycles. The molecule has 20 heavy (non-hydrogen) atoms. The molecule has 0 unspecified atom stereocenters. The zero-order valence-electron chi connectivity index (χ0n) is 10.9. The predicted octanol–water partition coefficient (Wildman–Crippen LogP) is 3.17. The third-order valence-corrected chi connectivity index (χ3v) is 4.35. The average Bonchev–Trinajstić information content (AvgIpc) is 2.30. The largest absolute Gasteiger partial charge is 0.408 e. The van der Waals surface area contributed by atoms with Crippen molar-refractivity contribution in [3.05, 3.63) is 21.0 Å². The molecule has 1 aromatic rings. The van der Waals surface area contributed by atoms with Gasteiger partial charge in [-0.1, -0.05) is 13.3 Å². The Hall–Kier alpha value is -1.05. The maximum atomic E-state index is 12.3. The highest BCUT2D eigenvalue weighted by Crippen LogP contribution is 2.40. The number of aromatic nitrogens is 2. The van der Waals surface area contributed by atoms with Crippen LogP contribution in [0.5, 0.6) is 0 Å². The van der Waals surface area contributed by atoms with Gasteiger partial charge >= 0.3 is 6.18 Å². The molecular weight excluding hydrogens is 339 g/mol. The van der Waals surface area contributed by atoms with Gasteiger partial charge in [-0.05, 0) is 34.2 Å². The molecule has 1 aromatic heterocycles. The molecule has 1 fully saturated rings. The number of nitrogens with zero attached hydrogens (tertiary/aromatic N) is 2. The fourth-order valence-electron chi connectivity index (χ4n) is 2.14. The van der Waals surface area contributed by atoms with Crippen LogP contribution in [0.15, 0.2) is 15.5 Å². The van der Waals surface area contributed by atoms with Gasteiger partial charge in [0.15, 0.2) is 0 Å². The number of hydrogen-bond acceptors (Lipinski definition) is 3. The minimum absolute atomic E-state index is 0.0830. The van der Waals surface area contributed by atoms with Gasteiger partial charge in [-0.25, -0.2) is 4.68 Å². The summed E-state index contributed by atoms with van der Waals surface area (Å²) in [5, 5.41) is 6.64. The SMILES string of the molecule is CC1(CNc2cnn(CC(F)(F)F)c(=O)c2Br)CCC1. The van der Waals surface area contributed by atoms with E-state index in [1.165, 1.54) is 12.6 Å². The first-order valence-electron chi connectivity index (χ1n) is 6.26. The third kappa shape index (κ3) is 3.53. The fraction of sp³-hybridized carbons (Fsp3) is 0.667. The summed E-state index contributed by atoms with van der Waals surface area (Å²) in [6, 6.07) is 0. The zero-order chi connectivity index (χ0) is 15.0. The van der Waals surface area contributed by atoms with Crippen molar-refractivity contribution in [2.75, 3.05) is 11.9 Å². The molecule has 1 aliphatic rings. The van der Waals surface area contributed by atoms with E-state index in [1.807, 2.05) is 0 Å². The highest BCUT2D eigenvalue weighted by atomic mass is 79.9. The summed E-state index contributed by atoms with van der Waals surface area (Å²) < 4.78 is 37.3. The van der Waals surface area contributed by atoms with E-state index in [9.17, 15) is 18.0 Å². The second-order valence-corrected chi connectivity index (χ2v) is 6.26. The summed E-state index contributed by atoms with van der Waals surface area (Å²) in [4.78, 5) is 11.8. The highest BCUT2D eigenvalue weighted by molar-refractivity contribution is 9.10. The minimum Gasteiger partial charge on any atom is -0.382 e. The molecule has 112 valence electrons. The van der Waals surface area contributed by atoms with Crippen LogP contribution in [0.1, 0.15) is 26.2 Å². The number of halogens is 4. The Morgan fingerprint density at radius 3 is 2.65 bits per heavy atom. The number of hydrogen-bond donors (Lipinski definition) is 1. The maximum absolute atomic E-state index is 12.3. The quantitative estimate of drug-likeness (QED) is 0.904. The second-order valence-electron chi connectivity index (χ2n) is 5.47. The lowest BCUT2D eigenvalue weighted by molar-refractivity contribution is -0.143. The van der Waals surface area contributed by atoms with Gasteiger partial charge in [0.25, 0.3) is 5.56 Å². The molecule has 0 radical (unpaired) electrons. The van der Waals surface area contributed by atoms with E-state index < -0.39 is 18.3 Å². The maximum Gasteiger partial charge on any atom is 0.408 e. The Labute approximate surface area is 122 Å². The van der Waals surface area contributed by atoms with Gasteiger partial charge in [-0.2, -0.15) is 18.3 Å². The minimum atomic E-state index is -4.47. The lowest BCUT2D eigenvalue weighted by Gasteiger charge is -2.38. The molecule has 1 saturated carbocycles. The van der Waals surface area contributed by atoms with Crippen molar-refractivity contribution < 1.29 is 13.2 Å². The number of rotatable bonds is 4. The Balaban J connectivity index is 2.12. The van der Waals surface area contributed by atoms with Crippen LogP contribution in [0.25, 0.3) is 0 Å². The van der Waals surface area contributed by atoms with Crippen molar-refractivity contribution >= 4 is 21.6 Å². The Morgan fingerprint density at radius 2 is 2.15 bits per heavy atom. The molecule has 0 bridgehead atoms. The van der Waals surface area contributed by atoms with Gasteiger partial charge in [0.05, 0.1) is 11.9 Å². The second kappa shape index (κ2) is 5.38. The summed E-state index contributed by atoms with van der Waals surface area (Å²) in [6.07, 6.45) is 0.182. The van der Waals surface area contributed by atoms with Crippen molar-refractivity contribution in [2.24, 2.45) is 5.41 Å². The Morgan fingerprint density at radius 1 is 1.50 bits per heavy atom. The van der Waals surface area contributed by atoms with Crippen molar-refractivity contribution in [1.29, 1.82) is 0 Å². The molecule has 0 atom stereocenters. The summed E-state index contributed by atoms with van der Waals surface area (Å²) >= 11 is 3.04. The van der Waals surface area contributed by atoms with E-state index in [0.29, 0.717) is 16.9 Å². The van der Waals surface area contributed by atoms with Crippen LogP contribution in [0.2, 0.25) is 0 Å². The van der Waals surface area contributed by atoms with Gasteiger partial charge in [0, 0.05) is 6.54 Å². The Kier molecular flexibility index (Phi) is 4.13. The van der Waals surface area contributed by atoms with Crippen molar-refractivity contribution in [3.63, 3.8) is 0 Å². The monoisotopic (exact) mass is 353 g/mol. The van der Waals surface area contributed by atoms with Gasteiger partial charge < -0.3 is 5.32 Å². The van der Waals surface area contributed by atoms with Gasteiger partial charge in [0.1, 0.15) is 11.0 Å². The third-order valence-electron chi connectivity index (χ3n) is 3.58. The van der Waals surface area contributed by atoms with Crippen LogP contribution in [0.3, 0.4) is 0 Å². The van der Waals surface area contributed by atoms with Crippen LogP contribution in [-0.2, 0) is 6.54 Å². The van der Waals surface area contributed by atoms with E-state index in [-0.39, 0.29) is 9.89 Å². The van der Waals surface area contributed by atoms with E-state index in [2.05, 4.69) is 33.3 Å². The molecule has 4 nitrogen and oxygen atoms in total. The molecule has 2 rings (SSSR count). The van der Waals surface area contributed by atoms with Gasteiger partial charge in [-0.3, -0.25) is 4.79 Å². The van der Waals surface area contributed by atoms with Crippen molar-refractivity contribution in [2.45, 2.75) is 38.9 Å². The van der Waals surface area contributed by atoms with Crippen LogP contribution in [0.4, 0.5) is 18.9 Å². The molecule has 0 saturated heterocycles. The normalized spacial score (nSPS) is 17.6. The van der Waals surface area contributed by atoms with E-state index in [0.717, 1.165) is 12.8 Å². The summed E-state index contributed by atoms with van der Waals surface area (Å²) in [5.41, 5.74) is -0.159. The topological polar surface area (TPSA) is 46.9 Å². The average molecular weight is 354 g/mol. The van der Waals surface area contributed by atoms with Crippen LogP contribution >= 0.6 is 15.9 Å². The molecular formula is C12H15BrF3N3O. The molecule has 8 heteroatoms. The van der Waals surface area contributed by atoms with Gasteiger partial charge in [0.2, 0.25) is 0 Å². The first kappa shape index (κ1) is 15.3. The van der Waals surface area contributed by atoms with Gasteiger partial charge in [-0.15, -0.1) is 0 Å². The number of nitrogens with one attached hydrogen (secondary N) is 1. The van der Waals surface area contributed by atoms with Crippen molar-refractivity contribution in [1.82, 2.24) is 9.78 Å².